The van der Waals surface area contributed by atoms with Gasteiger partial charge in [0.2, 0.25) is 5.82 Å². The smallest absolute Gasteiger partial charge is 0.363 e. The van der Waals surface area contributed by atoms with Gasteiger partial charge in [-0.25, -0.2) is 14.4 Å². The molecular weight excluding hydrogens is 356 g/mol. The van der Waals surface area contributed by atoms with Crippen molar-refractivity contribution in [3.63, 3.8) is 0 Å². The molecule has 6 nitrogen and oxygen atoms in total. The first-order valence-electron chi connectivity index (χ1n) is 7.39. The van der Waals surface area contributed by atoms with Crippen LogP contribution in [-0.4, -0.2) is 33.2 Å². The molecule has 3 rings (SSSR count). The number of benzene rings is 1. The van der Waals surface area contributed by atoms with Crippen LogP contribution in [0.25, 0.3) is 0 Å². The first kappa shape index (κ1) is 17.8. The van der Waals surface area contributed by atoms with Crippen LogP contribution in [0, 0.1) is 12.0 Å². The van der Waals surface area contributed by atoms with Gasteiger partial charge >= 0.3 is 6.18 Å². The average Bonchev–Trinajstić information content (AvgIpc) is 2.58. The second-order valence-electron chi connectivity index (χ2n) is 5.65. The molecule has 0 aliphatic carbocycles. The molecule has 0 atom stereocenters. The number of nitrogens with two attached hydrogens (primary N) is 1. The second kappa shape index (κ2) is 6.36. The fourth-order valence-electron chi connectivity index (χ4n) is 2.59. The monoisotopic (exact) mass is 367 g/mol. The number of fused-ring (bicyclic) bond motifs is 1. The van der Waals surface area contributed by atoms with Crippen LogP contribution in [0.4, 0.5) is 17.6 Å². The van der Waals surface area contributed by atoms with E-state index in [4.69, 9.17) is 5.73 Å². The third kappa shape index (κ3) is 3.48. The summed E-state index contributed by atoms with van der Waals surface area (Å²) in [5.41, 5.74) is 4.32. The highest BCUT2D eigenvalue weighted by molar-refractivity contribution is 5.94. The Kier molecular flexibility index (Phi) is 4.34. The molecule has 1 aromatic heterocycles. The minimum Gasteiger partial charge on any atom is -0.363 e. The van der Waals surface area contributed by atoms with E-state index in [1.165, 1.54) is 4.90 Å². The number of carbonyl (C=O) groups is 2. The molecule has 135 valence electrons. The molecular formula is C16H11F4N4O2. The molecule has 1 aromatic carbocycles. The van der Waals surface area contributed by atoms with Gasteiger partial charge in [0, 0.05) is 17.7 Å². The number of halogens is 4. The van der Waals surface area contributed by atoms with Gasteiger partial charge in [-0.2, -0.15) is 13.2 Å². The largest absolute Gasteiger partial charge is 0.416 e. The van der Waals surface area contributed by atoms with Crippen molar-refractivity contribution in [1.82, 2.24) is 14.9 Å². The lowest BCUT2D eigenvalue weighted by Crippen LogP contribution is -2.37. The summed E-state index contributed by atoms with van der Waals surface area (Å²) >= 11 is 0. The summed E-state index contributed by atoms with van der Waals surface area (Å²) in [5, 5.41) is 0. The molecule has 2 N–H and O–H groups in total. The van der Waals surface area contributed by atoms with Gasteiger partial charge in [-0.1, -0.05) is 0 Å². The van der Waals surface area contributed by atoms with Crippen LogP contribution < -0.4 is 5.73 Å². The number of amides is 2. The Balaban J connectivity index is 1.89. The van der Waals surface area contributed by atoms with Gasteiger partial charge in [-0.3, -0.25) is 9.59 Å². The van der Waals surface area contributed by atoms with Crippen LogP contribution in [0.1, 0.15) is 37.8 Å². The standard InChI is InChI=1S/C16H11F4N4O2/c17-11-4-9(3-10(5-11)16(18,19)20)15(26)24-2-1-8-6-22-14(13(21)25)23-12(8)7-24/h3-5H,1-2,7H2,(H2,21,25). The molecule has 0 spiro atoms. The zero-order chi connectivity index (χ0) is 19.1. The maximum Gasteiger partial charge on any atom is 0.416 e. The summed E-state index contributed by atoms with van der Waals surface area (Å²) in [6.07, 6.45) is -1.86. The Hall–Kier alpha value is -3.04. The predicted octanol–water partition coefficient (Wildman–Crippen LogP) is 1.73. The Labute approximate surface area is 144 Å². The number of carbonyl (C=O) groups excluding carboxylic acids is 2. The number of hydrogen-bond donors (Lipinski definition) is 1. The fraction of sp³-hybridized carbons (Fsp3) is 0.250. The van der Waals surface area contributed by atoms with Crippen molar-refractivity contribution in [2.24, 2.45) is 5.73 Å². The van der Waals surface area contributed by atoms with Crippen molar-refractivity contribution >= 4 is 11.8 Å². The normalized spacial score (nSPS) is 14.1. The number of nitrogens with zero attached hydrogens (tertiary/aromatic N) is 3. The zero-order valence-electron chi connectivity index (χ0n) is 13.1. The fourth-order valence-corrected chi connectivity index (χ4v) is 2.59. The van der Waals surface area contributed by atoms with E-state index in [0.717, 1.165) is 6.07 Å². The van der Waals surface area contributed by atoms with Crippen molar-refractivity contribution in [1.29, 1.82) is 0 Å². The Morgan fingerprint density at radius 1 is 1.23 bits per heavy atom. The molecule has 2 aromatic rings. The summed E-state index contributed by atoms with van der Waals surface area (Å²) in [5.74, 6) is -3.08. The van der Waals surface area contributed by atoms with E-state index in [-0.39, 0.29) is 18.9 Å². The molecule has 2 heterocycles. The number of hydrogen-bond acceptors (Lipinski definition) is 4. The summed E-state index contributed by atoms with van der Waals surface area (Å²) in [6, 6.07) is 1.67. The van der Waals surface area contributed by atoms with Crippen molar-refractivity contribution in [3.05, 3.63) is 58.4 Å². The highest BCUT2D eigenvalue weighted by atomic mass is 19.4. The lowest BCUT2D eigenvalue weighted by molar-refractivity contribution is -0.137. The first-order chi connectivity index (χ1) is 12.1. The minimum atomic E-state index is -4.77. The minimum absolute atomic E-state index is 0.0780. The van der Waals surface area contributed by atoms with E-state index in [9.17, 15) is 27.2 Å². The number of aromatic nitrogens is 2. The molecule has 1 aliphatic rings. The van der Waals surface area contributed by atoms with Crippen LogP contribution in [0.2, 0.25) is 0 Å². The topological polar surface area (TPSA) is 89.2 Å². The van der Waals surface area contributed by atoms with E-state index in [1.54, 1.807) is 0 Å². The molecule has 0 saturated carbocycles. The highest BCUT2D eigenvalue weighted by Crippen LogP contribution is 2.31. The highest BCUT2D eigenvalue weighted by Gasteiger charge is 2.33. The molecule has 0 fully saturated rings. The third-order valence-corrected chi connectivity index (χ3v) is 3.84. The van der Waals surface area contributed by atoms with Crippen LogP contribution >= 0.6 is 0 Å². The first-order valence-corrected chi connectivity index (χ1v) is 7.39. The quantitative estimate of drug-likeness (QED) is 0.819. The van der Waals surface area contributed by atoms with Gasteiger partial charge in [0.05, 0.1) is 24.0 Å². The third-order valence-electron chi connectivity index (χ3n) is 3.84. The Morgan fingerprint density at radius 3 is 2.62 bits per heavy atom. The number of primary amides is 1. The lowest BCUT2D eigenvalue weighted by atomic mass is 10.0. The van der Waals surface area contributed by atoms with Gasteiger partial charge in [0.15, 0.2) is 0 Å². The van der Waals surface area contributed by atoms with Crippen LogP contribution in [0.15, 0.2) is 18.2 Å². The van der Waals surface area contributed by atoms with E-state index in [1.807, 2.05) is 0 Å². The second-order valence-corrected chi connectivity index (χ2v) is 5.65. The van der Waals surface area contributed by atoms with Gasteiger partial charge < -0.3 is 10.6 Å². The van der Waals surface area contributed by atoms with Crippen LogP contribution in [0.3, 0.4) is 0 Å². The molecule has 1 radical (unpaired) electrons. The van der Waals surface area contributed by atoms with Crippen LogP contribution in [0.5, 0.6) is 0 Å². The lowest BCUT2D eigenvalue weighted by Gasteiger charge is -2.28. The summed E-state index contributed by atoms with van der Waals surface area (Å²) in [7, 11) is 0. The molecule has 1 aliphatic heterocycles. The van der Waals surface area contributed by atoms with E-state index < -0.39 is 34.9 Å². The maximum absolute atomic E-state index is 13.5. The van der Waals surface area contributed by atoms with Crippen molar-refractivity contribution < 1.29 is 27.2 Å². The molecule has 2 amide bonds. The van der Waals surface area contributed by atoms with Gasteiger partial charge in [-0.15, -0.1) is 0 Å². The van der Waals surface area contributed by atoms with Crippen molar-refractivity contribution in [2.75, 3.05) is 6.54 Å². The Morgan fingerprint density at radius 2 is 1.96 bits per heavy atom. The van der Waals surface area contributed by atoms with Crippen molar-refractivity contribution in [2.45, 2.75) is 19.1 Å². The van der Waals surface area contributed by atoms with E-state index in [2.05, 4.69) is 16.2 Å². The number of alkyl halides is 3. The van der Waals surface area contributed by atoms with Crippen molar-refractivity contribution in [3.8, 4) is 0 Å². The Bertz CT molecular complexity index is 898. The molecule has 26 heavy (non-hydrogen) atoms. The zero-order valence-corrected chi connectivity index (χ0v) is 13.1. The predicted molar refractivity (Wildman–Crippen MR) is 79.2 cm³/mol. The molecule has 0 unspecified atom stereocenters. The van der Waals surface area contributed by atoms with E-state index >= 15 is 0 Å². The van der Waals surface area contributed by atoms with Gasteiger partial charge in [0.25, 0.3) is 11.8 Å². The molecule has 0 saturated heterocycles. The summed E-state index contributed by atoms with van der Waals surface area (Å²) in [6.45, 7) is 0.0881. The molecule has 10 heteroatoms. The number of rotatable bonds is 2. The SMILES string of the molecule is NC(=O)c1n[c]c2c(n1)CN(C(=O)c1cc(F)cc(C(F)(F)F)c1)CC2. The average molecular weight is 367 g/mol. The van der Waals surface area contributed by atoms with Crippen LogP contribution in [-0.2, 0) is 19.1 Å². The maximum atomic E-state index is 13.5. The van der Waals surface area contributed by atoms with Gasteiger partial charge in [0.1, 0.15) is 5.82 Å². The molecule has 0 bridgehead atoms. The van der Waals surface area contributed by atoms with Gasteiger partial charge in [-0.05, 0) is 24.6 Å². The van der Waals surface area contributed by atoms with E-state index in [0.29, 0.717) is 29.8 Å². The summed E-state index contributed by atoms with van der Waals surface area (Å²) < 4.78 is 52.0. The summed E-state index contributed by atoms with van der Waals surface area (Å²) in [4.78, 5) is 32.5.